The summed E-state index contributed by atoms with van der Waals surface area (Å²) in [6, 6.07) is 15.7. The van der Waals surface area contributed by atoms with Crippen molar-refractivity contribution in [3.8, 4) is 21.9 Å². The summed E-state index contributed by atoms with van der Waals surface area (Å²) in [5.74, 6) is 0.247. The third-order valence-electron chi connectivity index (χ3n) is 5.01. The fourth-order valence-electron chi connectivity index (χ4n) is 3.54. The second-order valence-corrected chi connectivity index (χ2v) is 8.10. The molecule has 6 nitrogen and oxygen atoms in total. The van der Waals surface area contributed by atoms with E-state index in [4.69, 9.17) is 15.2 Å². The molecule has 0 radical (unpaired) electrons. The van der Waals surface area contributed by atoms with Crippen LogP contribution in [0.15, 0.2) is 48.5 Å². The molecule has 0 bridgehead atoms. The summed E-state index contributed by atoms with van der Waals surface area (Å²) >= 11 is 1.54. The van der Waals surface area contributed by atoms with Gasteiger partial charge in [-0.2, -0.15) is 0 Å². The fourth-order valence-corrected chi connectivity index (χ4v) is 4.73. The number of methoxy groups -OCH3 is 1. The lowest BCUT2D eigenvalue weighted by Crippen LogP contribution is -2.22. The van der Waals surface area contributed by atoms with Gasteiger partial charge in [0.1, 0.15) is 0 Å². The lowest BCUT2D eigenvalue weighted by atomic mass is 9.91. The number of benzene rings is 2. The number of aryl methyl sites for hydroxylation is 2. The maximum Gasteiger partial charge on any atom is 0.261 e. The van der Waals surface area contributed by atoms with Crippen LogP contribution in [-0.4, -0.2) is 25.5 Å². The average Bonchev–Trinajstić information content (AvgIpc) is 3.21. The van der Waals surface area contributed by atoms with Crippen molar-refractivity contribution in [3.05, 3.63) is 70.1 Å². The molecular weight excluding hydrogens is 400 g/mol. The minimum Gasteiger partial charge on any atom is -0.493 e. The zero-order valence-electron chi connectivity index (χ0n) is 16.6. The number of carbonyl (C=O) groups excluding carboxylic acids is 2. The molecule has 3 aromatic rings. The van der Waals surface area contributed by atoms with Crippen LogP contribution >= 0.6 is 11.3 Å². The van der Waals surface area contributed by atoms with Gasteiger partial charge in [0, 0.05) is 11.4 Å². The van der Waals surface area contributed by atoms with Gasteiger partial charge in [-0.05, 0) is 53.3 Å². The van der Waals surface area contributed by atoms with Crippen molar-refractivity contribution in [2.75, 3.05) is 13.7 Å². The van der Waals surface area contributed by atoms with E-state index in [0.717, 1.165) is 18.4 Å². The first-order valence-electron chi connectivity index (χ1n) is 9.62. The number of hydrogen-bond donors (Lipinski definition) is 2. The zero-order valence-corrected chi connectivity index (χ0v) is 17.4. The molecule has 3 N–H and O–H groups in total. The Bertz CT molecular complexity index is 1110. The second kappa shape index (κ2) is 8.59. The SMILES string of the molecule is COc1cc(CNC(=O)c2cc3c(s2)-c2ccccc2CC3)ccc1OCC(N)=O. The van der Waals surface area contributed by atoms with Crippen LogP contribution in [-0.2, 0) is 24.2 Å². The van der Waals surface area contributed by atoms with Crippen LogP contribution in [0.2, 0.25) is 0 Å². The Kier molecular flexibility index (Phi) is 5.72. The van der Waals surface area contributed by atoms with E-state index in [9.17, 15) is 9.59 Å². The molecule has 1 aliphatic rings. The molecule has 0 atom stereocenters. The minimum absolute atomic E-state index is 0.0973. The summed E-state index contributed by atoms with van der Waals surface area (Å²) in [6.45, 7) is 0.128. The number of primary amides is 1. The summed E-state index contributed by atoms with van der Waals surface area (Å²) in [6.07, 6.45) is 1.96. The summed E-state index contributed by atoms with van der Waals surface area (Å²) in [4.78, 5) is 25.5. The first-order valence-corrected chi connectivity index (χ1v) is 10.4. The van der Waals surface area contributed by atoms with Crippen molar-refractivity contribution in [2.24, 2.45) is 5.73 Å². The Labute approximate surface area is 178 Å². The molecule has 0 spiro atoms. The molecule has 2 amide bonds. The van der Waals surface area contributed by atoms with E-state index >= 15 is 0 Å². The van der Waals surface area contributed by atoms with Crippen LogP contribution < -0.4 is 20.5 Å². The number of nitrogens with two attached hydrogens (primary N) is 1. The Morgan fingerprint density at radius 3 is 2.67 bits per heavy atom. The van der Waals surface area contributed by atoms with Gasteiger partial charge >= 0.3 is 0 Å². The monoisotopic (exact) mass is 422 g/mol. The third kappa shape index (κ3) is 4.16. The van der Waals surface area contributed by atoms with Gasteiger partial charge in [-0.15, -0.1) is 11.3 Å². The predicted molar refractivity (Wildman–Crippen MR) is 116 cm³/mol. The van der Waals surface area contributed by atoms with Crippen LogP contribution in [0.3, 0.4) is 0 Å². The Morgan fingerprint density at radius 1 is 1.07 bits per heavy atom. The highest BCUT2D eigenvalue weighted by Gasteiger charge is 2.21. The number of amides is 2. The molecule has 7 heteroatoms. The highest BCUT2D eigenvalue weighted by Crippen LogP contribution is 2.39. The average molecular weight is 423 g/mol. The lowest BCUT2D eigenvalue weighted by Gasteiger charge is -2.15. The molecule has 0 saturated heterocycles. The Balaban J connectivity index is 1.45. The molecule has 1 aliphatic carbocycles. The Morgan fingerprint density at radius 2 is 1.87 bits per heavy atom. The quantitative estimate of drug-likeness (QED) is 0.611. The van der Waals surface area contributed by atoms with Crippen LogP contribution in [0, 0.1) is 0 Å². The fraction of sp³-hybridized carbons (Fsp3) is 0.217. The van der Waals surface area contributed by atoms with Gasteiger partial charge in [-0.3, -0.25) is 9.59 Å². The van der Waals surface area contributed by atoms with Gasteiger partial charge in [0.15, 0.2) is 18.1 Å². The van der Waals surface area contributed by atoms with E-state index in [0.29, 0.717) is 22.9 Å². The standard InChI is InChI=1S/C23H22N2O4S/c1-28-19-10-14(6-9-18(19)29-13-21(24)26)12-25-23(27)20-11-16-8-7-15-4-2-3-5-17(15)22(16)30-20/h2-6,9-11H,7-8,12-13H2,1H3,(H2,24,26)(H,25,27). The van der Waals surface area contributed by atoms with E-state index < -0.39 is 5.91 Å². The molecule has 0 unspecified atom stereocenters. The molecule has 4 rings (SSSR count). The molecule has 1 heterocycles. The van der Waals surface area contributed by atoms with Crippen LogP contribution in [0.1, 0.15) is 26.4 Å². The summed E-state index contributed by atoms with van der Waals surface area (Å²) in [5.41, 5.74) is 9.78. The molecule has 0 saturated carbocycles. The lowest BCUT2D eigenvalue weighted by molar-refractivity contribution is -0.119. The van der Waals surface area contributed by atoms with Gasteiger partial charge in [0.25, 0.3) is 11.8 Å². The van der Waals surface area contributed by atoms with Crippen molar-refractivity contribution >= 4 is 23.2 Å². The summed E-state index contributed by atoms with van der Waals surface area (Å²) in [7, 11) is 1.52. The van der Waals surface area contributed by atoms with Crippen molar-refractivity contribution < 1.29 is 19.1 Å². The normalized spacial score (nSPS) is 11.9. The predicted octanol–water partition coefficient (Wildman–Crippen LogP) is 3.32. The van der Waals surface area contributed by atoms with E-state index in [1.54, 1.807) is 23.5 Å². The molecule has 1 aromatic heterocycles. The van der Waals surface area contributed by atoms with Crippen LogP contribution in [0.25, 0.3) is 10.4 Å². The largest absolute Gasteiger partial charge is 0.493 e. The van der Waals surface area contributed by atoms with Crippen LogP contribution in [0.5, 0.6) is 11.5 Å². The van der Waals surface area contributed by atoms with E-state index in [-0.39, 0.29) is 12.5 Å². The summed E-state index contributed by atoms with van der Waals surface area (Å²) < 4.78 is 10.6. The smallest absolute Gasteiger partial charge is 0.261 e. The topological polar surface area (TPSA) is 90.7 Å². The van der Waals surface area contributed by atoms with Gasteiger partial charge < -0.3 is 20.5 Å². The maximum absolute atomic E-state index is 12.7. The number of thiophene rings is 1. The summed E-state index contributed by atoms with van der Waals surface area (Å²) in [5, 5.41) is 2.97. The van der Waals surface area contributed by atoms with Crippen molar-refractivity contribution in [2.45, 2.75) is 19.4 Å². The molecule has 0 aliphatic heterocycles. The third-order valence-corrected chi connectivity index (χ3v) is 6.22. The number of carbonyl (C=O) groups is 2. The second-order valence-electron chi connectivity index (χ2n) is 7.05. The maximum atomic E-state index is 12.7. The zero-order chi connectivity index (χ0) is 21.1. The van der Waals surface area contributed by atoms with E-state index in [1.165, 1.54) is 28.7 Å². The van der Waals surface area contributed by atoms with Crippen molar-refractivity contribution in [3.63, 3.8) is 0 Å². The first kappa shape index (κ1) is 20.0. The molecule has 2 aromatic carbocycles. The first-order chi connectivity index (χ1) is 14.5. The molecule has 30 heavy (non-hydrogen) atoms. The highest BCUT2D eigenvalue weighted by atomic mass is 32.1. The minimum atomic E-state index is -0.560. The number of nitrogens with one attached hydrogen (secondary N) is 1. The highest BCUT2D eigenvalue weighted by molar-refractivity contribution is 7.17. The van der Waals surface area contributed by atoms with Gasteiger partial charge in [0.2, 0.25) is 0 Å². The van der Waals surface area contributed by atoms with E-state index in [1.807, 2.05) is 18.2 Å². The van der Waals surface area contributed by atoms with Gasteiger partial charge in [0.05, 0.1) is 12.0 Å². The number of ether oxygens (including phenoxy) is 2. The number of rotatable bonds is 7. The van der Waals surface area contributed by atoms with Crippen LogP contribution in [0.4, 0.5) is 0 Å². The Hall–Kier alpha value is -3.32. The van der Waals surface area contributed by atoms with Gasteiger partial charge in [-0.1, -0.05) is 30.3 Å². The van der Waals surface area contributed by atoms with E-state index in [2.05, 4.69) is 23.5 Å². The molecule has 0 fully saturated rings. The number of fused-ring (bicyclic) bond motifs is 3. The van der Waals surface area contributed by atoms with Crippen molar-refractivity contribution in [1.82, 2.24) is 5.32 Å². The molecular formula is C23H22N2O4S. The van der Waals surface area contributed by atoms with Gasteiger partial charge in [-0.25, -0.2) is 0 Å². The number of hydrogen-bond acceptors (Lipinski definition) is 5. The van der Waals surface area contributed by atoms with Crippen molar-refractivity contribution in [1.29, 1.82) is 0 Å². The molecule has 154 valence electrons.